The third-order valence-electron chi connectivity index (χ3n) is 4.23. The van der Waals surface area contributed by atoms with Crippen LogP contribution in [-0.2, 0) is 18.5 Å². The largest absolute Gasteiger partial charge is 0.391 e. The van der Waals surface area contributed by atoms with Crippen LogP contribution in [0.3, 0.4) is 0 Å². The van der Waals surface area contributed by atoms with Crippen molar-refractivity contribution >= 4 is 17.5 Å². The molecule has 1 heterocycles. The first kappa shape index (κ1) is 18.9. The molecule has 0 N–H and O–H groups in total. The van der Waals surface area contributed by atoms with Crippen LogP contribution in [0.4, 0.5) is 0 Å². The van der Waals surface area contributed by atoms with Gasteiger partial charge in [0.1, 0.15) is 6.61 Å². The monoisotopic (exact) mass is 383 g/mol. The highest BCUT2D eigenvalue weighted by Crippen LogP contribution is 2.19. The Bertz CT molecular complexity index is 1040. The third kappa shape index (κ3) is 4.11. The molecule has 0 bridgehead atoms. The maximum absolute atomic E-state index is 12.2. The quantitative estimate of drug-likeness (QED) is 0.372. The Balaban J connectivity index is 1.84. The predicted octanol–water partition coefficient (Wildman–Crippen LogP) is 2.94. The van der Waals surface area contributed by atoms with Crippen molar-refractivity contribution in [3.63, 3.8) is 0 Å². The van der Waals surface area contributed by atoms with E-state index in [0.29, 0.717) is 5.69 Å². The zero-order valence-electron chi connectivity index (χ0n) is 15.7. The Labute approximate surface area is 161 Å². The van der Waals surface area contributed by atoms with Gasteiger partial charge in [-0.3, -0.25) is 0 Å². The average molecular weight is 383 g/mol. The van der Waals surface area contributed by atoms with Crippen LogP contribution in [0.5, 0.6) is 0 Å². The highest BCUT2D eigenvalue weighted by Gasteiger charge is 2.13. The number of nitrogens with zero attached hydrogens (tertiary/aromatic N) is 5. The van der Waals surface area contributed by atoms with Gasteiger partial charge in [-0.05, 0) is 54.3 Å². The van der Waals surface area contributed by atoms with E-state index >= 15 is 0 Å². The molecule has 8 heteroatoms. The number of aryl methyl sites for hydroxylation is 2. The fourth-order valence-electron chi connectivity index (χ4n) is 2.63. The summed E-state index contributed by atoms with van der Waals surface area (Å²) in [6, 6.07) is 13.8. The Morgan fingerprint density at radius 3 is 2.70 bits per heavy atom. The lowest BCUT2D eigenvalue weighted by molar-refractivity contribution is 0.130. The molecule has 0 spiro atoms. The average Bonchev–Trinajstić information content (AvgIpc) is 3.01. The molecule has 0 aliphatic carbocycles. The number of oxime groups is 1. The van der Waals surface area contributed by atoms with Gasteiger partial charge in [0.05, 0.1) is 11.4 Å². The molecule has 0 radical (unpaired) electrons. The first-order chi connectivity index (χ1) is 13.0. The molecular weight excluding hydrogens is 362 g/mol. The summed E-state index contributed by atoms with van der Waals surface area (Å²) < 4.78 is 2.46. The van der Waals surface area contributed by atoms with E-state index in [1.165, 1.54) is 14.3 Å². The summed E-state index contributed by atoms with van der Waals surface area (Å²) in [5.41, 5.74) is 3.97. The number of thioether (sulfide) groups is 1. The summed E-state index contributed by atoms with van der Waals surface area (Å²) in [6.45, 7) is 4.10. The van der Waals surface area contributed by atoms with Crippen molar-refractivity contribution in [3.8, 4) is 5.69 Å². The van der Waals surface area contributed by atoms with Crippen LogP contribution >= 0.6 is 11.8 Å². The van der Waals surface area contributed by atoms with E-state index in [4.69, 9.17) is 4.84 Å². The maximum Gasteiger partial charge on any atom is 0.368 e. The number of hydrogen-bond acceptors (Lipinski definition) is 6. The van der Waals surface area contributed by atoms with Crippen molar-refractivity contribution in [2.75, 3.05) is 6.26 Å². The molecule has 7 nitrogen and oxygen atoms in total. The fourth-order valence-corrected chi connectivity index (χ4v) is 3.09. The van der Waals surface area contributed by atoms with Crippen LogP contribution in [-0.4, -0.2) is 31.8 Å². The van der Waals surface area contributed by atoms with Crippen molar-refractivity contribution in [2.45, 2.75) is 25.3 Å². The molecule has 0 fully saturated rings. The predicted molar refractivity (Wildman–Crippen MR) is 107 cm³/mol. The number of hydrogen-bond donors (Lipinski definition) is 0. The van der Waals surface area contributed by atoms with Gasteiger partial charge in [0, 0.05) is 23.1 Å². The lowest BCUT2D eigenvalue weighted by Gasteiger charge is -2.11. The molecule has 0 amide bonds. The number of benzene rings is 2. The molecule has 0 saturated heterocycles. The molecule has 0 saturated carbocycles. The van der Waals surface area contributed by atoms with E-state index in [1.807, 2.05) is 50.4 Å². The zero-order valence-corrected chi connectivity index (χ0v) is 16.5. The highest BCUT2D eigenvalue weighted by molar-refractivity contribution is 7.98. The summed E-state index contributed by atoms with van der Waals surface area (Å²) >= 11 is 1.68. The topological polar surface area (TPSA) is 74.3 Å². The lowest BCUT2D eigenvalue weighted by Crippen LogP contribution is -2.23. The van der Waals surface area contributed by atoms with Crippen LogP contribution in [0.15, 0.2) is 57.3 Å². The maximum atomic E-state index is 12.2. The van der Waals surface area contributed by atoms with Gasteiger partial charge in [-0.1, -0.05) is 29.4 Å². The van der Waals surface area contributed by atoms with E-state index in [2.05, 4.69) is 27.7 Å². The summed E-state index contributed by atoms with van der Waals surface area (Å²) in [5, 5.41) is 11.9. The van der Waals surface area contributed by atoms with Gasteiger partial charge in [0.15, 0.2) is 0 Å². The van der Waals surface area contributed by atoms with Crippen molar-refractivity contribution in [2.24, 2.45) is 12.2 Å². The standard InChI is InChI=1S/C19H21N5O2S/c1-13-7-5-10-18(24-19(25)23(3)21-22-24)17(13)12-26-20-14(2)15-8-6-9-16(11-15)27-4/h5-11H,12H2,1-4H3. The minimum atomic E-state index is -0.310. The fraction of sp³-hybridized carbons (Fsp3) is 0.263. The van der Waals surface area contributed by atoms with E-state index < -0.39 is 0 Å². The number of rotatable bonds is 6. The van der Waals surface area contributed by atoms with Crippen molar-refractivity contribution in [1.82, 2.24) is 19.8 Å². The second-order valence-electron chi connectivity index (χ2n) is 6.05. The van der Waals surface area contributed by atoms with Crippen LogP contribution in [0, 0.1) is 6.92 Å². The molecule has 0 atom stereocenters. The van der Waals surface area contributed by atoms with Crippen LogP contribution < -0.4 is 5.69 Å². The molecule has 140 valence electrons. The van der Waals surface area contributed by atoms with Crippen LogP contribution in [0.25, 0.3) is 5.69 Å². The second kappa shape index (κ2) is 8.22. The Morgan fingerprint density at radius 2 is 2.00 bits per heavy atom. The first-order valence-electron chi connectivity index (χ1n) is 8.40. The molecule has 2 aromatic carbocycles. The third-order valence-corrected chi connectivity index (χ3v) is 4.96. The van der Waals surface area contributed by atoms with Gasteiger partial charge in [-0.2, -0.15) is 9.36 Å². The lowest BCUT2D eigenvalue weighted by atomic mass is 10.1. The van der Waals surface area contributed by atoms with Gasteiger partial charge in [0.2, 0.25) is 0 Å². The molecule has 0 unspecified atom stereocenters. The van der Waals surface area contributed by atoms with Gasteiger partial charge < -0.3 is 4.84 Å². The molecule has 0 aliphatic heterocycles. The number of aromatic nitrogens is 4. The highest BCUT2D eigenvalue weighted by atomic mass is 32.2. The van der Waals surface area contributed by atoms with E-state index in [9.17, 15) is 4.79 Å². The van der Waals surface area contributed by atoms with E-state index in [1.54, 1.807) is 18.8 Å². The molecular formula is C19H21N5O2S. The summed E-state index contributed by atoms with van der Waals surface area (Å²) in [6.07, 6.45) is 2.04. The summed E-state index contributed by atoms with van der Waals surface area (Å²) in [5.74, 6) is 0. The molecule has 3 aromatic rings. The van der Waals surface area contributed by atoms with E-state index in [0.717, 1.165) is 22.4 Å². The van der Waals surface area contributed by atoms with Crippen molar-refractivity contribution in [3.05, 3.63) is 69.6 Å². The van der Waals surface area contributed by atoms with Gasteiger partial charge in [-0.25, -0.2) is 4.79 Å². The Morgan fingerprint density at radius 1 is 1.22 bits per heavy atom. The normalized spacial score (nSPS) is 11.6. The minimum absolute atomic E-state index is 0.227. The first-order valence-corrected chi connectivity index (χ1v) is 9.62. The Kier molecular flexibility index (Phi) is 5.75. The molecule has 0 aliphatic rings. The zero-order chi connectivity index (χ0) is 19.4. The van der Waals surface area contributed by atoms with Crippen LogP contribution in [0.2, 0.25) is 0 Å². The molecule has 3 rings (SSSR count). The van der Waals surface area contributed by atoms with Gasteiger partial charge in [-0.15, -0.1) is 11.8 Å². The van der Waals surface area contributed by atoms with Crippen LogP contribution in [0.1, 0.15) is 23.6 Å². The van der Waals surface area contributed by atoms with Crippen molar-refractivity contribution in [1.29, 1.82) is 0 Å². The molecule has 1 aromatic heterocycles. The Hall–Kier alpha value is -2.87. The van der Waals surface area contributed by atoms with Gasteiger partial charge >= 0.3 is 5.69 Å². The van der Waals surface area contributed by atoms with Gasteiger partial charge in [0.25, 0.3) is 0 Å². The van der Waals surface area contributed by atoms with E-state index in [-0.39, 0.29) is 12.3 Å². The summed E-state index contributed by atoms with van der Waals surface area (Å²) in [4.78, 5) is 19.0. The minimum Gasteiger partial charge on any atom is -0.391 e. The second-order valence-corrected chi connectivity index (χ2v) is 6.93. The number of tetrazole rings is 1. The van der Waals surface area contributed by atoms with Crippen molar-refractivity contribution < 1.29 is 4.84 Å². The summed E-state index contributed by atoms with van der Waals surface area (Å²) in [7, 11) is 1.56. The smallest absolute Gasteiger partial charge is 0.368 e. The SMILES string of the molecule is CSc1cccc(C(C)=NOCc2c(C)cccc2-n2nnn(C)c2=O)c1. The molecule has 27 heavy (non-hydrogen) atoms.